The summed E-state index contributed by atoms with van der Waals surface area (Å²) in [7, 11) is 0. The third-order valence-corrected chi connectivity index (χ3v) is 4.94. The van der Waals surface area contributed by atoms with Gasteiger partial charge in [0.05, 0.1) is 0 Å². The van der Waals surface area contributed by atoms with Crippen molar-refractivity contribution in [1.82, 2.24) is 4.90 Å². The van der Waals surface area contributed by atoms with Crippen LogP contribution in [0, 0.1) is 0 Å². The molecule has 22 heavy (non-hydrogen) atoms. The Labute approximate surface area is 131 Å². The summed E-state index contributed by atoms with van der Waals surface area (Å²) in [5.74, 6) is 0.280. The molecule has 0 amide bonds. The minimum atomic E-state index is -0.364. The molecule has 0 saturated carbocycles. The number of anilines is 1. The van der Waals surface area contributed by atoms with E-state index in [1.165, 1.54) is 5.56 Å². The molecule has 1 fully saturated rings. The molecule has 0 radical (unpaired) electrons. The molecule has 2 aliphatic heterocycles. The largest absolute Gasteiger partial charge is 0.372 e. The minimum Gasteiger partial charge on any atom is -0.372 e. The average molecular weight is 292 g/mol. The van der Waals surface area contributed by atoms with E-state index >= 15 is 0 Å². The second-order valence-corrected chi connectivity index (χ2v) is 6.34. The molecule has 0 aromatic heterocycles. The van der Waals surface area contributed by atoms with Crippen molar-refractivity contribution in [3.63, 3.8) is 0 Å². The van der Waals surface area contributed by atoms with E-state index in [0.29, 0.717) is 0 Å². The van der Waals surface area contributed by atoms with Gasteiger partial charge in [0.2, 0.25) is 0 Å². The highest BCUT2D eigenvalue weighted by molar-refractivity contribution is 6.13. The van der Waals surface area contributed by atoms with Crippen LogP contribution in [0.4, 0.5) is 5.69 Å². The van der Waals surface area contributed by atoms with E-state index in [2.05, 4.69) is 34.5 Å². The molecule has 112 valence electrons. The number of nitrogens with zero attached hydrogens (tertiary/aromatic N) is 1. The number of Topliss-reactive ketones (excluding diaryl/α,β-unsaturated/α-hetero) is 1. The number of para-hydroxylation sites is 1. The first-order chi connectivity index (χ1) is 10.8. The van der Waals surface area contributed by atoms with Crippen LogP contribution in [0.3, 0.4) is 0 Å². The number of fused-ring (bicyclic) bond motifs is 1. The highest BCUT2D eigenvalue weighted by atomic mass is 16.1. The third-order valence-electron chi connectivity index (χ3n) is 4.94. The molecule has 0 unspecified atom stereocenters. The van der Waals surface area contributed by atoms with Gasteiger partial charge in [-0.2, -0.15) is 0 Å². The first-order valence-electron chi connectivity index (χ1n) is 7.95. The summed E-state index contributed by atoms with van der Waals surface area (Å²) in [4.78, 5) is 15.2. The second-order valence-electron chi connectivity index (χ2n) is 6.34. The zero-order chi connectivity index (χ0) is 15.0. The van der Waals surface area contributed by atoms with Crippen molar-refractivity contribution >= 4 is 11.5 Å². The molecule has 2 aromatic carbocycles. The summed E-state index contributed by atoms with van der Waals surface area (Å²) in [5, 5.41) is 3.51. The summed E-state index contributed by atoms with van der Waals surface area (Å²) in [6.07, 6.45) is 1.76. The van der Waals surface area contributed by atoms with Crippen LogP contribution in [-0.4, -0.2) is 29.3 Å². The van der Waals surface area contributed by atoms with E-state index < -0.39 is 0 Å². The standard InChI is InChI=1S/C19H20N2O/c22-18-16-8-4-5-9-17(16)20-19(18)10-12-21(13-11-19)14-15-6-2-1-3-7-15/h1-9,20H,10-14H2. The molecule has 0 aliphatic carbocycles. The molecule has 3 nitrogen and oxygen atoms in total. The monoisotopic (exact) mass is 292 g/mol. The predicted molar refractivity (Wildman–Crippen MR) is 88.1 cm³/mol. The maximum atomic E-state index is 12.8. The Hall–Kier alpha value is -2.13. The van der Waals surface area contributed by atoms with Gasteiger partial charge in [-0.05, 0) is 30.5 Å². The fourth-order valence-corrected chi connectivity index (χ4v) is 3.65. The lowest BCUT2D eigenvalue weighted by Gasteiger charge is -2.38. The Morgan fingerprint density at radius 3 is 2.36 bits per heavy atom. The van der Waals surface area contributed by atoms with Crippen LogP contribution in [0.15, 0.2) is 54.6 Å². The molecule has 0 atom stereocenters. The van der Waals surface area contributed by atoms with Gasteiger partial charge in [0, 0.05) is 30.9 Å². The van der Waals surface area contributed by atoms with Gasteiger partial charge < -0.3 is 5.32 Å². The van der Waals surface area contributed by atoms with Crippen LogP contribution in [0.2, 0.25) is 0 Å². The van der Waals surface area contributed by atoms with E-state index in [1.807, 2.05) is 30.3 Å². The van der Waals surface area contributed by atoms with Gasteiger partial charge in [0.1, 0.15) is 5.54 Å². The zero-order valence-corrected chi connectivity index (χ0v) is 12.6. The quantitative estimate of drug-likeness (QED) is 0.921. The van der Waals surface area contributed by atoms with Crippen molar-refractivity contribution in [3.8, 4) is 0 Å². The molecule has 1 spiro atoms. The number of carbonyl (C=O) groups is 1. The van der Waals surface area contributed by atoms with Crippen molar-refractivity contribution in [2.75, 3.05) is 18.4 Å². The minimum absolute atomic E-state index is 0.280. The summed E-state index contributed by atoms with van der Waals surface area (Å²) in [5.41, 5.74) is 2.84. The molecule has 4 rings (SSSR count). The highest BCUT2D eigenvalue weighted by Crippen LogP contribution is 2.38. The molecule has 2 heterocycles. The average Bonchev–Trinajstić information content (AvgIpc) is 2.84. The zero-order valence-electron chi connectivity index (χ0n) is 12.6. The predicted octanol–water partition coefficient (Wildman–Crippen LogP) is 3.33. The fourth-order valence-electron chi connectivity index (χ4n) is 3.65. The fraction of sp³-hybridized carbons (Fsp3) is 0.316. The Balaban J connectivity index is 1.46. The molecular formula is C19H20N2O. The first kappa shape index (κ1) is 13.5. The summed E-state index contributed by atoms with van der Waals surface area (Å²) in [6, 6.07) is 18.4. The molecule has 1 saturated heterocycles. The number of rotatable bonds is 2. The number of hydrogen-bond acceptors (Lipinski definition) is 3. The molecular weight excluding hydrogens is 272 g/mol. The van der Waals surface area contributed by atoms with Crippen molar-refractivity contribution in [3.05, 3.63) is 65.7 Å². The molecule has 2 aromatic rings. The van der Waals surface area contributed by atoms with E-state index in [9.17, 15) is 4.79 Å². The SMILES string of the molecule is O=C1c2ccccc2NC12CCN(Cc1ccccc1)CC2. The lowest BCUT2D eigenvalue weighted by atomic mass is 9.83. The van der Waals surface area contributed by atoms with Gasteiger partial charge in [-0.1, -0.05) is 42.5 Å². The normalized spacial score (nSPS) is 19.9. The van der Waals surface area contributed by atoms with Gasteiger partial charge >= 0.3 is 0 Å². The van der Waals surface area contributed by atoms with Crippen LogP contribution in [0.25, 0.3) is 0 Å². The van der Waals surface area contributed by atoms with Crippen LogP contribution in [-0.2, 0) is 6.54 Å². The van der Waals surface area contributed by atoms with Crippen LogP contribution < -0.4 is 5.32 Å². The number of carbonyl (C=O) groups excluding carboxylic acids is 1. The Bertz CT molecular complexity index is 688. The molecule has 3 heteroatoms. The van der Waals surface area contributed by atoms with Crippen molar-refractivity contribution in [2.24, 2.45) is 0 Å². The van der Waals surface area contributed by atoms with Gasteiger partial charge in [0.25, 0.3) is 0 Å². The lowest BCUT2D eigenvalue weighted by molar-refractivity contribution is 0.0826. The van der Waals surface area contributed by atoms with Crippen LogP contribution >= 0.6 is 0 Å². The van der Waals surface area contributed by atoms with Crippen molar-refractivity contribution in [1.29, 1.82) is 0 Å². The second kappa shape index (κ2) is 5.25. The molecule has 1 N–H and O–H groups in total. The van der Waals surface area contributed by atoms with E-state index in [4.69, 9.17) is 0 Å². The summed E-state index contributed by atoms with van der Waals surface area (Å²) < 4.78 is 0. The maximum absolute atomic E-state index is 12.8. The smallest absolute Gasteiger partial charge is 0.190 e. The van der Waals surface area contributed by atoms with Crippen LogP contribution in [0.5, 0.6) is 0 Å². The maximum Gasteiger partial charge on any atom is 0.190 e. The summed E-state index contributed by atoms with van der Waals surface area (Å²) in [6.45, 7) is 2.89. The van der Waals surface area contributed by atoms with Crippen LogP contribution in [0.1, 0.15) is 28.8 Å². The topological polar surface area (TPSA) is 32.3 Å². The number of benzene rings is 2. The number of nitrogens with one attached hydrogen (secondary N) is 1. The van der Waals surface area contributed by atoms with E-state index in [-0.39, 0.29) is 11.3 Å². The van der Waals surface area contributed by atoms with E-state index in [1.54, 1.807) is 0 Å². The molecule has 0 bridgehead atoms. The van der Waals surface area contributed by atoms with Gasteiger partial charge in [-0.25, -0.2) is 0 Å². The third kappa shape index (κ3) is 2.22. The van der Waals surface area contributed by atoms with E-state index in [0.717, 1.165) is 43.7 Å². The Morgan fingerprint density at radius 1 is 0.955 bits per heavy atom. The molecule has 2 aliphatic rings. The number of piperidine rings is 1. The van der Waals surface area contributed by atoms with Gasteiger partial charge in [-0.3, -0.25) is 9.69 Å². The number of ketones is 1. The lowest BCUT2D eigenvalue weighted by Crippen LogP contribution is -2.51. The van der Waals surface area contributed by atoms with Crippen molar-refractivity contribution < 1.29 is 4.79 Å². The van der Waals surface area contributed by atoms with Gasteiger partial charge in [0.15, 0.2) is 5.78 Å². The highest BCUT2D eigenvalue weighted by Gasteiger charge is 2.46. The van der Waals surface area contributed by atoms with Crippen molar-refractivity contribution in [2.45, 2.75) is 24.9 Å². The Morgan fingerprint density at radius 2 is 1.64 bits per heavy atom. The number of hydrogen-bond donors (Lipinski definition) is 1. The number of likely N-dealkylation sites (tertiary alicyclic amines) is 1. The Kier molecular flexibility index (Phi) is 3.23. The first-order valence-corrected chi connectivity index (χ1v) is 7.95. The summed E-state index contributed by atoms with van der Waals surface area (Å²) >= 11 is 0. The van der Waals surface area contributed by atoms with Gasteiger partial charge in [-0.15, -0.1) is 0 Å².